The van der Waals surface area contributed by atoms with Gasteiger partial charge in [-0.1, -0.05) is 91.0 Å². The van der Waals surface area contributed by atoms with Crippen molar-refractivity contribution in [2.75, 3.05) is 5.32 Å². The first kappa shape index (κ1) is 16.8. The summed E-state index contributed by atoms with van der Waals surface area (Å²) in [5.74, 6) is 0.281. The molecule has 1 aliphatic rings. The van der Waals surface area contributed by atoms with Gasteiger partial charge in [0, 0.05) is 17.6 Å². The van der Waals surface area contributed by atoms with Crippen LogP contribution in [0.15, 0.2) is 103 Å². The van der Waals surface area contributed by atoms with Crippen LogP contribution in [0.5, 0.6) is 0 Å². The van der Waals surface area contributed by atoms with E-state index in [4.69, 9.17) is 0 Å². The van der Waals surface area contributed by atoms with Gasteiger partial charge >= 0.3 is 0 Å². The van der Waals surface area contributed by atoms with Crippen molar-refractivity contribution in [3.63, 3.8) is 0 Å². The maximum atomic E-state index is 3.67. The molecule has 0 heterocycles. The highest BCUT2D eigenvalue weighted by Crippen LogP contribution is 2.49. The Bertz CT molecular complexity index is 1070. The minimum absolute atomic E-state index is 0.221. The van der Waals surface area contributed by atoms with Crippen molar-refractivity contribution >= 4 is 5.69 Å². The lowest BCUT2D eigenvalue weighted by Crippen LogP contribution is -2.12. The highest BCUT2D eigenvalue weighted by Gasteiger charge is 2.31. The molecule has 4 aromatic rings. The molecule has 0 aromatic heterocycles. The molecule has 1 unspecified atom stereocenters. The number of benzene rings is 4. The van der Waals surface area contributed by atoms with E-state index >= 15 is 0 Å². The van der Waals surface area contributed by atoms with Gasteiger partial charge in [-0.15, -0.1) is 0 Å². The van der Waals surface area contributed by atoms with Crippen molar-refractivity contribution in [3.8, 4) is 11.1 Å². The van der Waals surface area contributed by atoms with Crippen LogP contribution in [-0.4, -0.2) is 0 Å². The van der Waals surface area contributed by atoms with Gasteiger partial charge in [0.15, 0.2) is 0 Å². The zero-order chi connectivity index (χ0) is 18.9. The van der Waals surface area contributed by atoms with Crippen LogP contribution < -0.4 is 5.32 Å². The minimum atomic E-state index is 0.221. The van der Waals surface area contributed by atoms with E-state index in [9.17, 15) is 0 Å². The van der Waals surface area contributed by atoms with E-state index in [1.165, 1.54) is 33.4 Å². The van der Waals surface area contributed by atoms with Crippen LogP contribution in [-0.2, 0) is 0 Å². The van der Waals surface area contributed by atoms with Crippen LogP contribution in [0, 0.1) is 0 Å². The largest absolute Gasteiger partial charge is 0.379 e. The van der Waals surface area contributed by atoms with E-state index in [0.717, 1.165) is 5.69 Å². The number of nitrogens with one attached hydrogen (secondary N) is 1. The molecule has 0 spiro atoms. The predicted octanol–water partition coefficient (Wildman–Crippen LogP) is 7.02. The van der Waals surface area contributed by atoms with Crippen molar-refractivity contribution < 1.29 is 0 Å². The van der Waals surface area contributed by atoms with E-state index in [2.05, 4.69) is 115 Å². The zero-order valence-corrected chi connectivity index (χ0v) is 16.0. The molecule has 4 aromatic carbocycles. The third-order valence-electron chi connectivity index (χ3n) is 5.76. The number of hydrogen-bond donors (Lipinski definition) is 1. The topological polar surface area (TPSA) is 12.0 Å². The molecule has 1 heteroatoms. The zero-order valence-electron chi connectivity index (χ0n) is 16.0. The molecule has 0 saturated carbocycles. The first-order valence-corrected chi connectivity index (χ1v) is 9.91. The minimum Gasteiger partial charge on any atom is -0.379 e. The van der Waals surface area contributed by atoms with Crippen LogP contribution in [0.4, 0.5) is 5.69 Å². The summed E-state index contributed by atoms with van der Waals surface area (Å²) in [6.07, 6.45) is 0. The molecule has 5 rings (SSSR count). The van der Waals surface area contributed by atoms with Crippen LogP contribution in [0.25, 0.3) is 11.1 Å². The van der Waals surface area contributed by atoms with Gasteiger partial charge in [-0.25, -0.2) is 0 Å². The van der Waals surface area contributed by atoms with Gasteiger partial charge in [-0.3, -0.25) is 0 Å². The summed E-state index contributed by atoms with van der Waals surface area (Å²) in [5, 5.41) is 3.67. The van der Waals surface area contributed by atoms with E-state index < -0.39 is 0 Å². The summed E-state index contributed by atoms with van der Waals surface area (Å²) in [5.41, 5.74) is 9.42. The summed E-state index contributed by atoms with van der Waals surface area (Å²) in [4.78, 5) is 0. The molecule has 0 aliphatic heterocycles. The lowest BCUT2D eigenvalue weighted by Gasteiger charge is -2.23. The van der Waals surface area contributed by atoms with Crippen LogP contribution in [0.2, 0.25) is 0 Å². The summed E-state index contributed by atoms with van der Waals surface area (Å²) in [7, 11) is 0. The Kier molecular flexibility index (Phi) is 4.21. The SMILES string of the molecule is CC(Nc1ccccc1)c1ccccc1C1c2ccccc2-c2ccccc21. The fourth-order valence-electron chi connectivity index (χ4n) is 4.52. The number of rotatable bonds is 4. The standard InChI is InChI=1S/C27H23N/c1-19(28-20-11-3-2-4-12-20)21-13-5-8-16-24(21)27-25-17-9-6-14-22(25)23-15-7-10-18-26(23)27/h2-19,27-28H,1H3. The Balaban J connectivity index is 1.61. The number of hydrogen-bond acceptors (Lipinski definition) is 1. The Labute approximate surface area is 166 Å². The van der Waals surface area contributed by atoms with E-state index in [0.29, 0.717) is 0 Å². The van der Waals surface area contributed by atoms with Crippen molar-refractivity contribution in [1.29, 1.82) is 0 Å². The first-order valence-electron chi connectivity index (χ1n) is 9.91. The average molecular weight is 361 g/mol. The van der Waals surface area contributed by atoms with E-state index in [1.54, 1.807) is 0 Å². The molecule has 0 saturated heterocycles. The van der Waals surface area contributed by atoms with Gasteiger partial charge in [-0.05, 0) is 52.4 Å². The van der Waals surface area contributed by atoms with Crippen LogP contribution in [0.3, 0.4) is 0 Å². The van der Waals surface area contributed by atoms with E-state index in [1.807, 2.05) is 0 Å². The molecule has 1 atom stereocenters. The molecule has 0 fully saturated rings. The molecular formula is C27H23N. The molecular weight excluding hydrogens is 338 g/mol. The van der Waals surface area contributed by atoms with Crippen LogP contribution in [0.1, 0.15) is 41.1 Å². The van der Waals surface area contributed by atoms with Gasteiger partial charge in [0.05, 0.1) is 0 Å². The molecule has 0 bridgehead atoms. The lowest BCUT2D eigenvalue weighted by atomic mass is 9.84. The summed E-state index contributed by atoms with van der Waals surface area (Å²) in [6, 6.07) is 37.2. The van der Waals surface area contributed by atoms with Crippen molar-refractivity contribution in [1.82, 2.24) is 0 Å². The maximum absolute atomic E-state index is 3.67. The van der Waals surface area contributed by atoms with Crippen LogP contribution >= 0.6 is 0 Å². The van der Waals surface area contributed by atoms with Gasteiger partial charge in [0.2, 0.25) is 0 Å². The fourth-order valence-corrected chi connectivity index (χ4v) is 4.52. The van der Waals surface area contributed by atoms with Crippen molar-refractivity contribution in [2.45, 2.75) is 18.9 Å². The Hall–Kier alpha value is -3.32. The highest BCUT2D eigenvalue weighted by atomic mass is 14.9. The number of anilines is 1. The van der Waals surface area contributed by atoms with Gasteiger partial charge < -0.3 is 5.32 Å². The Morgan fingerprint density at radius 1 is 0.571 bits per heavy atom. The Morgan fingerprint density at radius 2 is 1.07 bits per heavy atom. The molecule has 0 radical (unpaired) electrons. The Morgan fingerprint density at radius 3 is 1.71 bits per heavy atom. The normalized spacial score (nSPS) is 13.6. The maximum Gasteiger partial charge on any atom is 0.0488 e. The smallest absolute Gasteiger partial charge is 0.0488 e. The van der Waals surface area contributed by atoms with Gasteiger partial charge in [0.25, 0.3) is 0 Å². The van der Waals surface area contributed by atoms with Gasteiger partial charge in [-0.2, -0.15) is 0 Å². The molecule has 1 nitrogen and oxygen atoms in total. The summed E-state index contributed by atoms with van der Waals surface area (Å²) >= 11 is 0. The van der Waals surface area contributed by atoms with Crippen molar-refractivity contribution in [3.05, 3.63) is 125 Å². The van der Waals surface area contributed by atoms with Gasteiger partial charge in [0.1, 0.15) is 0 Å². The van der Waals surface area contributed by atoms with E-state index in [-0.39, 0.29) is 12.0 Å². The lowest BCUT2D eigenvalue weighted by molar-refractivity contribution is 0.846. The monoisotopic (exact) mass is 361 g/mol. The first-order chi connectivity index (χ1) is 13.8. The second-order valence-electron chi connectivity index (χ2n) is 7.47. The predicted molar refractivity (Wildman–Crippen MR) is 118 cm³/mol. The second kappa shape index (κ2) is 7.01. The third-order valence-corrected chi connectivity index (χ3v) is 5.76. The summed E-state index contributed by atoms with van der Waals surface area (Å²) < 4.78 is 0. The van der Waals surface area contributed by atoms with Crippen molar-refractivity contribution in [2.24, 2.45) is 0 Å². The molecule has 0 amide bonds. The fraction of sp³-hybridized carbons (Fsp3) is 0.111. The third kappa shape index (κ3) is 2.80. The quantitative estimate of drug-likeness (QED) is 0.363. The summed E-state index contributed by atoms with van der Waals surface area (Å²) in [6.45, 7) is 2.25. The molecule has 1 aliphatic carbocycles. The number of para-hydroxylation sites is 1. The number of fused-ring (bicyclic) bond motifs is 3. The highest BCUT2D eigenvalue weighted by molar-refractivity contribution is 5.81. The average Bonchev–Trinajstić information content (AvgIpc) is 3.09. The second-order valence-corrected chi connectivity index (χ2v) is 7.47. The molecule has 28 heavy (non-hydrogen) atoms. The molecule has 1 N–H and O–H groups in total. The molecule has 136 valence electrons.